The smallest absolute Gasteiger partial charge is 0.0256 e. The molecule has 0 spiro atoms. The van der Waals surface area contributed by atoms with Crippen LogP contribution in [-0.2, 0) is 0 Å². The van der Waals surface area contributed by atoms with Gasteiger partial charge in [-0.15, -0.1) is 0 Å². The summed E-state index contributed by atoms with van der Waals surface area (Å²) >= 11 is 0. The van der Waals surface area contributed by atoms with Crippen molar-refractivity contribution in [3.63, 3.8) is 0 Å². The van der Waals surface area contributed by atoms with Gasteiger partial charge in [0, 0.05) is 6.04 Å². The molecule has 2 atom stereocenters. The van der Waals surface area contributed by atoms with Crippen LogP contribution in [0, 0.1) is 5.92 Å². The zero-order valence-electron chi connectivity index (χ0n) is 9.76. The highest BCUT2D eigenvalue weighted by Crippen LogP contribution is 2.22. The number of allylic oxidation sites excluding steroid dienone is 1. The lowest BCUT2D eigenvalue weighted by molar-refractivity contribution is 0.472. The van der Waals surface area contributed by atoms with E-state index in [1.54, 1.807) is 0 Å². The predicted octanol–water partition coefficient (Wildman–Crippen LogP) is 3.64. The molecule has 14 heavy (non-hydrogen) atoms. The molecule has 1 heteroatoms. The average molecular weight is 195 g/mol. The summed E-state index contributed by atoms with van der Waals surface area (Å²) in [5.41, 5.74) is 7.76. The molecule has 0 amide bonds. The predicted molar refractivity (Wildman–Crippen MR) is 63.2 cm³/mol. The highest BCUT2D eigenvalue weighted by molar-refractivity contribution is 5.11. The van der Waals surface area contributed by atoms with E-state index >= 15 is 0 Å². The van der Waals surface area contributed by atoms with Gasteiger partial charge < -0.3 is 5.73 Å². The van der Waals surface area contributed by atoms with Crippen molar-refractivity contribution in [2.45, 2.75) is 64.8 Å². The third-order valence-electron chi connectivity index (χ3n) is 3.41. The monoisotopic (exact) mass is 195 g/mol. The molecule has 1 rings (SSSR count). The van der Waals surface area contributed by atoms with Gasteiger partial charge in [0.2, 0.25) is 0 Å². The van der Waals surface area contributed by atoms with Gasteiger partial charge in [-0.2, -0.15) is 0 Å². The van der Waals surface area contributed by atoms with E-state index in [-0.39, 0.29) is 0 Å². The Kier molecular flexibility index (Phi) is 5.24. The first kappa shape index (κ1) is 11.8. The van der Waals surface area contributed by atoms with Gasteiger partial charge in [-0.25, -0.2) is 0 Å². The zero-order valence-corrected chi connectivity index (χ0v) is 9.76. The molecule has 0 radical (unpaired) electrons. The van der Waals surface area contributed by atoms with E-state index in [1.165, 1.54) is 50.5 Å². The van der Waals surface area contributed by atoms with Gasteiger partial charge in [0.1, 0.15) is 0 Å². The van der Waals surface area contributed by atoms with Crippen molar-refractivity contribution in [1.82, 2.24) is 0 Å². The molecule has 0 aromatic carbocycles. The second-order valence-corrected chi connectivity index (χ2v) is 4.73. The van der Waals surface area contributed by atoms with Crippen LogP contribution < -0.4 is 5.73 Å². The summed E-state index contributed by atoms with van der Waals surface area (Å²) in [6.07, 6.45) is 11.4. The third-order valence-corrected chi connectivity index (χ3v) is 3.41. The fraction of sp³-hybridized carbons (Fsp3) is 0.846. The Hall–Kier alpha value is -0.300. The summed E-state index contributed by atoms with van der Waals surface area (Å²) in [5, 5.41) is 0. The first-order valence-corrected chi connectivity index (χ1v) is 6.18. The van der Waals surface area contributed by atoms with Gasteiger partial charge in [-0.3, -0.25) is 0 Å². The average Bonchev–Trinajstić information content (AvgIpc) is 2.45. The molecule has 0 heterocycles. The van der Waals surface area contributed by atoms with Crippen LogP contribution in [0.3, 0.4) is 0 Å². The minimum Gasteiger partial charge on any atom is -0.324 e. The molecule has 2 N–H and O–H groups in total. The van der Waals surface area contributed by atoms with Crippen molar-refractivity contribution < 1.29 is 0 Å². The van der Waals surface area contributed by atoms with Crippen molar-refractivity contribution in [3.05, 3.63) is 11.6 Å². The van der Waals surface area contributed by atoms with Crippen molar-refractivity contribution >= 4 is 0 Å². The van der Waals surface area contributed by atoms with Crippen LogP contribution in [0.25, 0.3) is 0 Å². The maximum absolute atomic E-state index is 6.23. The molecule has 0 aromatic heterocycles. The van der Waals surface area contributed by atoms with E-state index in [0.29, 0.717) is 6.04 Å². The van der Waals surface area contributed by atoms with Gasteiger partial charge >= 0.3 is 0 Å². The Morgan fingerprint density at radius 1 is 1.36 bits per heavy atom. The summed E-state index contributed by atoms with van der Waals surface area (Å²) in [7, 11) is 0. The van der Waals surface area contributed by atoms with E-state index in [9.17, 15) is 0 Å². The van der Waals surface area contributed by atoms with Gasteiger partial charge in [0.05, 0.1) is 0 Å². The van der Waals surface area contributed by atoms with Crippen LogP contribution in [0.2, 0.25) is 0 Å². The van der Waals surface area contributed by atoms with E-state index in [2.05, 4.69) is 19.9 Å². The van der Waals surface area contributed by atoms with Crippen LogP contribution in [0.5, 0.6) is 0 Å². The molecule has 0 bridgehead atoms. The van der Waals surface area contributed by atoms with Crippen molar-refractivity contribution in [1.29, 1.82) is 0 Å². The van der Waals surface area contributed by atoms with Gasteiger partial charge in [0.15, 0.2) is 0 Å². The number of rotatable bonds is 4. The standard InChI is InChI=1S/C13H25N/c1-3-11(2)10-13(14)12-8-6-4-5-7-9-12/h8,11,13H,3-7,9-10,14H2,1-2H3. The van der Waals surface area contributed by atoms with E-state index in [0.717, 1.165) is 5.92 Å². The van der Waals surface area contributed by atoms with Gasteiger partial charge in [-0.1, -0.05) is 38.3 Å². The van der Waals surface area contributed by atoms with Crippen molar-refractivity contribution in [3.8, 4) is 0 Å². The van der Waals surface area contributed by atoms with E-state index in [4.69, 9.17) is 5.73 Å². The quantitative estimate of drug-likeness (QED) is 0.681. The van der Waals surface area contributed by atoms with Crippen molar-refractivity contribution in [2.24, 2.45) is 11.7 Å². The number of nitrogens with two attached hydrogens (primary N) is 1. The Bertz CT molecular complexity index is 184. The van der Waals surface area contributed by atoms with Crippen LogP contribution in [-0.4, -0.2) is 6.04 Å². The Labute approximate surface area is 88.8 Å². The highest BCUT2D eigenvalue weighted by Gasteiger charge is 2.13. The first-order chi connectivity index (χ1) is 6.74. The molecule has 2 unspecified atom stereocenters. The third kappa shape index (κ3) is 3.83. The SMILES string of the molecule is CCC(C)CC(N)C1=CCCCCC1. The molecule has 0 aromatic rings. The molecule has 0 aliphatic heterocycles. The first-order valence-electron chi connectivity index (χ1n) is 6.18. The molecular formula is C13H25N. The second kappa shape index (κ2) is 6.23. The summed E-state index contributed by atoms with van der Waals surface area (Å²) in [6, 6.07) is 0.336. The largest absolute Gasteiger partial charge is 0.324 e. The fourth-order valence-corrected chi connectivity index (χ4v) is 2.13. The Balaban J connectivity index is 2.41. The van der Waals surface area contributed by atoms with E-state index < -0.39 is 0 Å². The molecule has 1 nitrogen and oxygen atoms in total. The molecule has 1 aliphatic rings. The molecule has 82 valence electrons. The summed E-state index contributed by atoms with van der Waals surface area (Å²) in [6.45, 7) is 4.55. The van der Waals surface area contributed by atoms with E-state index in [1.807, 2.05) is 0 Å². The minimum atomic E-state index is 0.336. The molecule has 0 fully saturated rings. The second-order valence-electron chi connectivity index (χ2n) is 4.73. The lowest BCUT2D eigenvalue weighted by Crippen LogP contribution is -2.25. The topological polar surface area (TPSA) is 26.0 Å². The minimum absolute atomic E-state index is 0.336. The Morgan fingerprint density at radius 3 is 2.86 bits per heavy atom. The lowest BCUT2D eigenvalue weighted by atomic mass is 9.92. The molecule has 1 aliphatic carbocycles. The lowest BCUT2D eigenvalue weighted by Gasteiger charge is -2.18. The van der Waals surface area contributed by atoms with Gasteiger partial charge in [-0.05, 0) is 38.0 Å². The summed E-state index contributed by atoms with van der Waals surface area (Å²) in [4.78, 5) is 0. The fourth-order valence-electron chi connectivity index (χ4n) is 2.13. The molecule has 0 saturated heterocycles. The number of hydrogen-bond donors (Lipinski definition) is 1. The summed E-state index contributed by atoms with van der Waals surface area (Å²) in [5.74, 6) is 0.772. The van der Waals surface area contributed by atoms with Gasteiger partial charge in [0.25, 0.3) is 0 Å². The number of hydrogen-bond acceptors (Lipinski definition) is 1. The summed E-state index contributed by atoms with van der Waals surface area (Å²) < 4.78 is 0. The molecular weight excluding hydrogens is 170 g/mol. The van der Waals surface area contributed by atoms with Crippen LogP contribution in [0.15, 0.2) is 11.6 Å². The van der Waals surface area contributed by atoms with Crippen LogP contribution >= 0.6 is 0 Å². The van der Waals surface area contributed by atoms with Crippen molar-refractivity contribution in [2.75, 3.05) is 0 Å². The maximum Gasteiger partial charge on any atom is 0.0256 e. The van der Waals surface area contributed by atoms with Crippen LogP contribution in [0.4, 0.5) is 0 Å². The Morgan fingerprint density at radius 2 is 2.14 bits per heavy atom. The highest BCUT2D eigenvalue weighted by atomic mass is 14.6. The maximum atomic E-state index is 6.23. The molecule has 0 saturated carbocycles. The van der Waals surface area contributed by atoms with Crippen LogP contribution in [0.1, 0.15) is 58.8 Å². The normalized spacial score (nSPS) is 22.4. The zero-order chi connectivity index (χ0) is 10.4.